The first kappa shape index (κ1) is 12.2. The lowest BCUT2D eigenvalue weighted by molar-refractivity contribution is 0.112. The van der Waals surface area contributed by atoms with Gasteiger partial charge in [0, 0.05) is 16.7 Å². The molecule has 0 N–H and O–H groups in total. The molecule has 0 radical (unpaired) electrons. The molecule has 18 heavy (non-hydrogen) atoms. The number of rotatable bonds is 3. The molecule has 2 aromatic rings. The number of carbonyl (C=O) groups excluding carboxylic acids is 1. The summed E-state index contributed by atoms with van der Waals surface area (Å²) in [6.45, 7) is 0. The Hall–Kier alpha value is -2.23. The third-order valence-electron chi connectivity index (χ3n) is 2.58. The van der Waals surface area contributed by atoms with Crippen LogP contribution in [0.2, 0.25) is 0 Å². The first-order valence-electron chi connectivity index (χ1n) is 5.24. The van der Waals surface area contributed by atoms with E-state index in [-0.39, 0.29) is 11.1 Å². The molecule has 0 atom stereocenters. The maximum atomic E-state index is 13.8. The van der Waals surface area contributed by atoms with Gasteiger partial charge in [0.25, 0.3) is 0 Å². The molecule has 0 unspecified atom stereocenters. The molecule has 0 aliphatic heterocycles. The molecule has 0 saturated carbocycles. The lowest BCUT2D eigenvalue weighted by atomic mass is 10.0. The van der Waals surface area contributed by atoms with E-state index in [1.807, 2.05) is 0 Å². The number of carbonyl (C=O) groups is 1. The maximum absolute atomic E-state index is 13.8. The van der Waals surface area contributed by atoms with Gasteiger partial charge >= 0.3 is 0 Å². The summed E-state index contributed by atoms with van der Waals surface area (Å²) in [5.74, 6) is -0.706. The van der Waals surface area contributed by atoms with Crippen LogP contribution in [0.3, 0.4) is 0 Å². The summed E-state index contributed by atoms with van der Waals surface area (Å²) in [5, 5.41) is 0. The van der Waals surface area contributed by atoms with E-state index in [4.69, 9.17) is 4.74 Å². The zero-order valence-corrected chi connectivity index (χ0v) is 9.61. The second-order valence-corrected chi connectivity index (χ2v) is 3.70. The van der Waals surface area contributed by atoms with Crippen LogP contribution in [0.5, 0.6) is 5.75 Å². The third kappa shape index (κ3) is 2.22. The Morgan fingerprint density at radius 1 is 1.06 bits per heavy atom. The van der Waals surface area contributed by atoms with Crippen molar-refractivity contribution in [2.75, 3.05) is 7.11 Å². The second kappa shape index (κ2) is 4.96. The van der Waals surface area contributed by atoms with E-state index in [2.05, 4.69) is 0 Å². The van der Waals surface area contributed by atoms with Gasteiger partial charge in [-0.25, -0.2) is 8.78 Å². The molecule has 0 spiro atoms. The third-order valence-corrected chi connectivity index (χ3v) is 2.58. The highest BCUT2D eigenvalue weighted by Gasteiger charge is 2.12. The van der Waals surface area contributed by atoms with Gasteiger partial charge in [0.15, 0.2) is 0 Å². The van der Waals surface area contributed by atoms with Crippen molar-refractivity contribution < 1.29 is 18.3 Å². The van der Waals surface area contributed by atoms with Gasteiger partial charge in [0.1, 0.15) is 23.7 Å². The number of ether oxygens (including phenoxy) is 1. The molecule has 0 saturated heterocycles. The minimum absolute atomic E-state index is 0.192. The summed E-state index contributed by atoms with van der Waals surface area (Å²) >= 11 is 0. The quantitative estimate of drug-likeness (QED) is 0.777. The van der Waals surface area contributed by atoms with E-state index < -0.39 is 11.6 Å². The van der Waals surface area contributed by atoms with E-state index in [1.165, 1.54) is 37.4 Å². The Morgan fingerprint density at radius 2 is 1.83 bits per heavy atom. The van der Waals surface area contributed by atoms with Gasteiger partial charge in [0.2, 0.25) is 0 Å². The predicted octanol–water partition coefficient (Wildman–Crippen LogP) is 3.45. The van der Waals surface area contributed by atoms with Gasteiger partial charge in [-0.05, 0) is 24.3 Å². The highest BCUT2D eigenvalue weighted by atomic mass is 19.1. The molecule has 92 valence electrons. The molecule has 2 aromatic carbocycles. The lowest BCUT2D eigenvalue weighted by Gasteiger charge is -2.09. The molecule has 2 nitrogen and oxygen atoms in total. The van der Waals surface area contributed by atoms with Crippen LogP contribution in [0.25, 0.3) is 11.1 Å². The van der Waals surface area contributed by atoms with Crippen LogP contribution in [0.15, 0.2) is 36.4 Å². The molecule has 4 heteroatoms. The molecular weight excluding hydrogens is 238 g/mol. The first-order valence-corrected chi connectivity index (χ1v) is 5.24. The van der Waals surface area contributed by atoms with Crippen LogP contribution in [0.4, 0.5) is 8.78 Å². The molecule has 0 aliphatic carbocycles. The van der Waals surface area contributed by atoms with Gasteiger partial charge in [-0.2, -0.15) is 0 Å². The zero-order chi connectivity index (χ0) is 13.1. The van der Waals surface area contributed by atoms with Crippen LogP contribution in [0.1, 0.15) is 10.4 Å². The largest absolute Gasteiger partial charge is 0.496 e. The second-order valence-electron chi connectivity index (χ2n) is 3.70. The summed E-state index contributed by atoms with van der Waals surface area (Å²) < 4.78 is 32.1. The monoisotopic (exact) mass is 248 g/mol. The van der Waals surface area contributed by atoms with Crippen molar-refractivity contribution in [1.29, 1.82) is 0 Å². The lowest BCUT2D eigenvalue weighted by Crippen LogP contribution is -1.93. The topological polar surface area (TPSA) is 26.3 Å². The summed E-state index contributed by atoms with van der Waals surface area (Å²) in [4.78, 5) is 10.5. The van der Waals surface area contributed by atoms with Crippen molar-refractivity contribution in [3.05, 3.63) is 53.6 Å². The van der Waals surface area contributed by atoms with E-state index in [1.54, 1.807) is 0 Å². The number of hydrogen-bond donors (Lipinski definition) is 0. The van der Waals surface area contributed by atoms with Gasteiger partial charge in [-0.3, -0.25) is 4.79 Å². The summed E-state index contributed by atoms with van der Waals surface area (Å²) in [6.07, 6.45) is 0.551. The maximum Gasteiger partial charge on any atom is 0.150 e. The molecule has 0 heterocycles. The zero-order valence-electron chi connectivity index (χ0n) is 9.61. The SMILES string of the molecule is COc1ccc(F)cc1-c1ccc(C=O)cc1F. The summed E-state index contributed by atoms with van der Waals surface area (Å²) in [7, 11) is 1.43. The van der Waals surface area contributed by atoms with Crippen LogP contribution in [0, 0.1) is 11.6 Å². The van der Waals surface area contributed by atoms with E-state index in [0.717, 1.165) is 6.07 Å². The fourth-order valence-corrected chi connectivity index (χ4v) is 1.71. The van der Waals surface area contributed by atoms with Crippen molar-refractivity contribution in [2.24, 2.45) is 0 Å². The van der Waals surface area contributed by atoms with Crippen molar-refractivity contribution >= 4 is 6.29 Å². The Morgan fingerprint density at radius 3 is 2.44 bits per heavy atom. The molecular formula is C14H10F2O2. The molecule has 0 bridgehead atoms. The summed E-state index contributed by atoms with van der Waals surface area (Å²) in [5.41, 5.74) is 0.732. The minimum atomic E-state index is -0.594. The van der Waals surface area contributed by atoms with Crippen LogP contribution in [-0.2, 0) is 0 Å². The van der Waals surface area contributed by atoms with Gasteiger partial charge in [-0.15, -0.1) is 0 Å². The Kier molecular flexibility index (Phi) is 3.37. The number of benzene rings is 2. The summed E-state index contributed by atoms with van der Waals surface area (Å²) in [6, 6.07) is 7.86. The Balaban J connectivity index is 2.61. The molecule has 0 aromatic heterocycles. The molecule has 0 fully saturated rings. The smallest absolute Gasteiger partial charge is 0.150 e. The number of halogens is 2. The number of methoxy groups -OCH3 is 1. The fraction of sp³-hybridized carbons (Fsp3) is 0.0714. The molecule has 0 amide bonds. The van der Waals surface area contributed by atoms with Crippen molar-refractivity contribution in [2.45, 2.75) is 0 Å². The molecule has 2 rings (SSSR count). The first-order chi connectivity index (χ1) is 8.65. The highest BCUT2D eigenvalue weighted by Crippen LogP contribution is 2.32. The van der Waals surface area contributed by atoms with Crippen molar-refractivity contribution in [3.63, 3.8) is 0 Å². The van der Waals surface area contributed by atoms with E-state index in [9.17, 15) is 13.6 Å². The van der Waals surface area contributed by atoms with Crippen LogP contribution < -0.4 is 4.74 Å². The fourth-order valence-electron chi connectivity index (χ4n) is 1.71. The van der Waals surface area contributed by atoms with Gasteiger partial charge in [-0.1, -0.05) is 12.1 Å². The van der Waals surface area contributed by atoms with Crippen LogP contribution in [-0.4, -0.2) is 13.4 Å². The highest BCUT2D eigenvalue weighted by molar-refractivity contribution is 5.78. The van der Waals surface area contributed by atoms with Crippen molar-refractivity contribution in [3.8, 4) is 16.9 Å². The Labute approximate surface area is 103 Å². The van der Waals surface area contributed by atoms with Crippen LogP contribution >= 0.6 is 0 Å². The number of hydrogen-bond acceptors (Lipinski definition) is 2. The van der Waals surface area contributed by atoms with Crippen molar-refractivity contribution in [1.82, 2.24) is 0 Å². The average Bonchev–Trinajstić information content (AvgIpc) is 2.38. The number of aldehydes is 1. The average molecular weight is 248 g/mol. The standard InChI is InChI=1S/C14H10F2O2/c1-18-14-5-3-10(15)7-12(14)11-4-2-9(8-17)6-13(11)16/h2-8H,1H3. The van der Waals surface area contributed by atoms with E-state index >= 15 is 0 Å². The Bertz CT molecular complexity index is 594. The van der Waals surface area contributed by atoms with Gasteiger partial charge in [0.05, 0.1) is 7.11 Å². The normalized spacial score (nSPS) is 10.2. The van der Waals surface area contributed by atoms with Gasteiger partial charge < -0.3 is 4.74 Å². The minimum Gasteiger partial charge on any atom is -0.496 e. The molecule has 0 aliphatic rings. The van der Waals surface area contributed by atoms with E-state index in [0.29, 0.717) is 17.6 Å². The predicted molar refractivity (Wildman–Crippen MR) is 63.7 cm³/mol.